The molecule has 106 valence electrons. The summed E-state index contributed by atoms with van der Waals surface area (Å²) in [6, 6.07) is 13.1. The van der Waals surface area contributed by atoms with Gasteiger partial charge in [0.15, 0.2) is 0 Å². The molecule has 0 amide bonds. The number of hydrogen-bond acceptors (Lipinski definition) is 0. The fraction of sp³-hybridized carbons (Fsp3) is 0.294. The van der Waals surface area contributed by atoms with Crippen molar-refractivity contribution < 1.29 is 13.2 Å². The molecule has 0 unspecified atom stereocenters. The molecule has 0 aliphatic heterocycles. The average molecular weight is 278 g/mol. The maximum absolute atomic E-state index is 13.1. The topological polar surface area (TPSA) is 0 Å². The van der Waals surface area contributed by atoms with Crippen LogP contribution in [-0.2, 0) is 12.6 Å². The summed E-state index contributed by atoms with van der Waals surface area (Å²) in [6.07, 6.45) is -1.52. The molecule has 3 heteroatoms. The molecule has 0 aliphatic carbocycles. The van der Waals surface area contributed by atoms with E-state index in [1.54, 1.807) is 24.3 Å². The number of hydrogen-bond donors (Lipinski definition) is 0. The number of benzene rings is 2. The molecular formula is C17H17F3. The van der Waals surface area contributed by atoms with E-state index < -0.39 is 11.7 Å². The smallest absolute Gasteiger partial charge is 0.166 e. The van der Waals surface area contributed by atoms with E-state index in [0.717, 1.165) is 30.9 Å². The van der Waals surface area contributed by atoms with E-state index in [1.807, 2.05) is 12.1 Å². The molecule has 2 aromatic carbocycles. The van der Waals surface area contributed by atoms with Crippen molar-refractivity contribution in [3.8, 4) is 11.1 Å². The molecule has 2 rings (SSSR count). The summed E-state index contributed by atoms with van der Waals surface area (Å²) in [4.78, 5) is 0. The molecule has 0 N–H and O–H groups in total. The lowest BCUT2D eigenvalue weighted by Crippen LogP contribution is -2.07. The summed E-state index contributed by atoms with van der Waals surface area (Å²) in [7, 11) is 0. The molecule has 0 saturated heterocycles. The molecule has 0 atom stereocenters. The third-order valence-corrected chi connectivity index (χ3v) is 3.34. The number of unbranched alkanes of at least 4 members (excludes halogenated alkanes) is 1. The van der Waals surface area contributed by atoms with E-state index in [-0.39, 0.29) is 5.56 Å². The van der Waals surface area contributed by atoms with Crippen LogP contribution in [0.2, 0.25) is 0 Å². The maximum Gasteiger partial charge on any atom is 0.417 e. The molecule has 0 fully saturated rings. The second-order valence-electron chi connectivity index (χ2n) is 4.80. The zero-order chi connectivity index (χ0) is 14.6. The third-order valence-electron chi connectivity index (χ3n) is 3.34. The number of aryl methyl sites for hydroxylation is 1. The third kappa shape index (κ3) is 3.21. The summed E-state index contributed by atoms with van der Waals surface area (Å²) in [5, 5.41) is 0. The van der Waals surface area contributed by atoms with E-state index in [1.165, 1.54) is 6.07 Å². The van der Waals surface area contributed by atoms with Gasteiger partial charge >= 0.3 is 6.18 Å². The van der Waals surface area contributed by atoms with Gasteiger partial charge in [-0.2, -0.15) is 13.2 Å². The van der Waals surface area contributed by atoms with Crippen LogP contribution in [0.5, 0.6) is 0 Å². The number of rotatable bonds is 4. The SMILES string of the molecule is CCCCc1ccccc1-c1ccccc1C(F)(F)F. The van der Waals surface area contributed by atoms with Crippen LogP contribution in [0.4, 0.5) is 13.2 Å². The molecule has 0 spiro atoms. The van der Waals surface area contributed by atoms with Gasteiger partial charge < -0.3 is 0 Å². The fourth-order valence-corrected chi connectivity index (χ4v) is 2.33. The van der Waals surface area contributed by atoms with Crippen LogP contribution < -0.4 is 0 Å². The van der Waals surface area contributed by atoms with Gasteiger partial charge in [0.2, 0.25) is 0 Å². The highest BCUT2D eigenvalue weighted by Gasteiger charge is 2.33. The van der Waals surface area contributed by atoms with Crippen LogP contribution in [0.3, 0.4) is 0 Å². The largest absolute Gasteiger partial charge is 0.417 e. The first-order chi connectivity index (χ1) is 9.54. The van der Waals surface area contributed by atoms with Gasteiger partial charge in [0.05, 0.1) is 5.56 Å². The molecular weight excluding hydrogens is 261 g/mol. The molecule has 0 bridgehead atoms. The Morgan fingerprint density at radius 3 is 2.10 bits per heavy atom. The van der Waals surface area contributed by atoms with Gasteiger partial charge in [-0.3, -0.25) is 0 Å². The summed E-state index contributed by atoms with van der Waals surface area (Å²) in [6.45, 7) is 2.08. The van der Waals surface area contributed by atoms with Crippen LogP contribution in [0.1, 0.15) is 30.9 Å². The first-order valence-electron chi connectivity index (χ1n) is 6.78. The van der Waals surface area contributed by atoms with Crippen molar-refractivity contribution in [2.45, 2.75) is 32.4 Å². The van der Waals surface area contributed by atoms with E-state index in [2.05, 4.69) is 6.92 Å². The van der Waals surface area contributed by atoms with Crippen molar-refractivity contribution in [2.75, 3.05) is 0 Å². The quantitative estimate of drug-likeness (QED) is 0.671. The van der Waals surface area contributed by atoms with Crippen molar-refractivity contribution in [3.05, 3.63) is 59.7 Å². The minimum atomic E-state index is -4.32. The summed E-state index contributed by atoms with van der Waals surface area (Å²) in [5.74, 6) is 0. The predicted octanol–water partition coefficient (Wildman–Crippen LogP) is 5.72. The standard InChI is InChI=1S/C17H17F3/c1-2-3-8-13-9-4-5-10-14(13)15-11-6-7-12-16(15)17(18,19)20/h4-7,9-12H,2-3,8H2,1H3. The van der Waals surface area contributed by atoms with E-state index in [4.69, 9.17) is 0 Å². The van der Waals surface area contributed by atoms with Gasteiger partial charge in [-0.1, -0.05) is 55.8 Å². The normalized spacial score (nSPS) is 11.6. The van der Waals surface area contributed by atoms with Gasteiger partial charge in [0.1, 0.15) is 0 Å². The van der Waals surface area contributed by atoms with Crippen molar-refractivity contribution in [3.63, 3.8) is 0 Å². The lowest BCUT2D eigenvalue weighted by atomic mass is 9.93. The molecule has 0 aromatic heterocycles. The highest BCUT2D eigenvalue weighted by atomic mass is 19.4. The molecule has 0 heterocycles. The lowest BCUT2D eigenvalue weighted by Gasteiger charge is -2.15. The van der Waals surface area contributed by atoms with Crippen LogP contribution >= 0.6 is 0 Å². The summed E-state index contributed by atoms with van der Waals surface area (Å²) < 4.78 is 39.4. The van der Waals surface area contributed by atoms with Crippen LogP contribution in [0, 0.1) is 0 Å². The predicted molar refractivity (Wildman–Crippen MR) is 75.5 cm³/mol. The van der Waals surface area contributed by atoms with Crippen LogP contribution in [0.25, 0.3) is 11.1 Å². The zero-order valence-electron chi connectivity index (χ0n) is 11.4. The molecule has 2 aromatic rings. The fourth-order valence-electron chi connectivity index (χ4n) is 2.33. The number of alkyl halides is 3. The molecule has 0 aliphatic rings. The van der Waals surface area contributed by atoms with E-state index >= 15 is 0 Å². The second-order valence-corrected chi connectivity index (χ2v) is 4.80. The van der Waals surface area contributed by atoms with Crippen LogP contribution in [-0.4, -0.2) is 0 Å². The monoisotopic (exact) mass is 278 g/mol. The lowest BCUT2D eigenvalue weighted by molar-refractivity contribution is -0.137. The Labute approximate surface area is 117 Å². The summed E-state index contributed by atoms with van der Waals surface area (Å²) >= 11 is 0. The highest BCUT2D eigenvalue weighted by molar-refractivity contribution is 5.71. The Morgan fingerprint density at radius 1 is 0.850 bits per heavy atom. The van der Waals surface area contributed by atoms with Gasteiger partial charge in [0, 0.05) is 0 Å². The molecule has 20 heavy (non-hydrogen) atoms. The van der Waals surface area contributed by atoms with E-state index in [0.29, 0.717) is 5.56 Å². The average Bonchev–Trinajstić information content (AvgIpc) is 2.44. The number of halogens is 3. The maximum atomic E-state index is 13.1. The first-order valence-corrected chi connectivity index (χ1v) is 6.78. The molecule has 0 saturated carbocycles. The van der Waals surface area contributed by atoms with Gasteiger partial charge in [-0.15, -0.1) is 0 Å². The second kappa shape index (κ2) is 6.12. The highest BCUT2D eigenvalue weighted by Crippen LogP contribution is 2.38. The Balaban J connectivity index is 2.52. The molecule has 0 nitrogen and oxygen atoms in total. The minimum Gasteiger partial charge on any atom is -0.166 e. The van der Waals surface area contributed by atoms with Crippen molar-refractivity contribution in [1.82, 2.24) is 0 Å². The van der Waals surface area contributed by atoms with Crippen molar-refractivity contribution in [2.24, 2.45) is 0 Å². The Bertz CT molecular complexity index is 570. The summed E-state index contributed by atoms with van der Waals surface area (Å²) in [5.41, 5.74) is 1.37. The Kier molecular flexibility index (Phi) is 4.48. The minimum absolute atomic E-state index is 0.270. The van der Waals surface area contributed by atoms with Gasteiger partial charge in [0.25, 0.3) is 0 Å². The van der Waals surface area contributed by atoms with Crippen molar-refractivity contribution in [1.29, 1.82) is 0 Å². The Hall–Kier alpha value is -1.77. The van der Waals surface area contributed by atoms with Gasteiger partial charge in [-0.05, 0) is 35.6 Å². The first kappa shape index (κ1) is 14.6. The Morgan fingerprint density at radius 2 is 1.45 bits per heavy atom. The molecule has 0 radical (unpaired) electrons. The van der Waals surface area contributed by atoms with E-state index in [9.17, 15) is 13.2 Å². The van der Waals surface area contributed by atoms with Gasteiger partial charge in [-0.25, -0.2) is 0 Å². The van der Waals surface area contributed by atoms with Crippen LogP contribution in [0.15, 0.2) is 48.5 Å². The van der Waals surface area contributed by atoms with Crippen molar-refractivity contribution >= 4 is 0 Å². The zero-order valence-corrected chi connectivity index (χ0v) is 11.4.